The molecule has 0 saturated heterocycles. The highest BCUT2D eigenvalue weighted by atomic mass is 35.5. The first kappa shape index (κ1) is 27.0. The molecule has 0 bridgehead atoms. The van der Waals surface area contributed by atoms with Crippen molar-refractivity contribution in [2.45, 2.75) is 36.3 Å². The average molecular weight is 563 g/mol. The lowest BCUT2D eigenvalue weighted by Crippen LogP contribution is -2.52. The molecule has 0 unspecified atom stereocenters. The van der Waals surface area contributed by atoms with Crippen LogP contribution in [0, 0.1) is 23.5 Å². The summed E-state index contributed by atoms with van der Waals surface area (Å²) >= 11 is 6.62. The van der Waals surface area contributed by atoms with E-state index < -0.39 is 69.9 Å². The van der Waals surface area contributed by atoms with Crippen LogP contribution in [0.25, 0.3) is 0 Å². The molecular weight excluding hydrogens is 540 g/mol. The third-order valence-corrected chi connectivity index (χ3v) is 7.96. The molecule has 5 atom stereocenters. The molecule has 0 radical (unpaired) electrons. The Kier molecular flexibility index (Phi) is 7.30. The van der Waals surface area contributed by atoms with Crippen molar-refractivity contribution >= 4 is 29.1 Å². The summed E-state index contributed by atoms with van der Waals surface area (Å²) in [6.45, 7) is -0.231. The first-order chi connectivity index (χ1) is 18.6. The van der Waals surface area contributed by atoms with Gasteiger partial charge in [0.05, 0.1) is 23.0 Å². The molecule has 1 fully saturated rings. The predicted molar refractivity (Wildman–Crippen MR) is 133 cm³/mol. The van der Waals surface area contributed by atoms with Crippen molar-refractivity contribution in [1.82, 2.24) is 15.3 Å². The molecule has 204 valence electrons. The molecule has 1 aliphatic heterocycles. The smallest absolute Gasteiger partial charge is 0.268 e. The second kappa shape index (κ2) is 10.5. The normalized spacial score (nSPS) is 26.5. The molecule has 7 nitrogen and oxygen atoms in total. The maximum atomic E-state index is 15.0. The number of benzene rings is 1. The molecule has 12 heteroatoms. The Bertz CT molecular complexity index is 1400. The summed E-state index contributed by atoms with van der Waals surface area (Å²) in [6, 6.07) is 6.94. The molecule has 3 aromatic rings. The SMILES string of the molecule is O=C(N[C@@H]1C[C@@H](Cl)[C@@H](CN2C(=O)[C@@](O)(c3ccncc3F)c3c(F)cccc32)C[C@H]1C(F)F)c1cccnc1. The number of alkyl halides is 3. The minimum atomic E-state index is -2.81. The number of aliphatic hydroxyl groups is 1. The lowest BCUT2D eigenvalue weighted by molar-refractivity contribution is -0.132. The van der Waals surface area contributed by atoms with Crippen LogP contribution in [0.5, 0.6) is 0 Å². The number of halogens is 5. The van der Waals surface area contributed by atoms with Gasteiger partial charge in [-0.25, -0.2) is 17.6 Å². The molecule has 5 rings (SSSR count). The Morgan fingerprint density at radius 2 is 1.87 bits per heavy atom. The summed E-state index contributed by atoms with van der Waals surface area (Å²) in [4.78, 5) is 34.8. The molecule has 2 amide bonds. The van der Waals surface area contributed by atoms with Crippen LogP contribution in [-0.2, 0) is 10.4 Å². The summed E-state index contributed by atoms with van der Waals surface area (Å²) in [6.07, 6.45) is 1.76. The van der Waals surface area contributed by atoms with Gasteiger partial charge in [0.25, 0.3) is 11.8 Å². The molecule has 2 N–H and O–H groups in total. The maximum Gasteiger partial charge on any atom is 0.268 e. The molecule has 1 saturated carbocycles. The fourth-order valence-electron chi connectivity index (χ4n) is 5.50. The second-order valence-electron chi connectivity index (χ2n) is 9.68. The fourth-order valence-corrected chi connectivity index (χ4v) is 5.87. The first-order valence-corrected chi connectivity index (χ1v) is 12.6. The van der Waals surface area contributed by atoms with E-state index >= 15 is 4.39 Å². The van der Waals surface area contributed by atoms with Crippen LogP contribution in [0.1, 0.15) is 34.3 Å². The Morgan fingerprint density at radius 1 is 1.10 bits per heavy atom. The minimum Gasteiger partial charge on any atom is -0.371 e. The Balaban J connectivity index is 1.42. The van der Waals surface area contributed by atoms with Gasteiger partial charge in [-0.1, -0.05) is 6.07 Å². The highest BCUT2D eigenvalue weighted by Gasteiger charge is 2.55. The molecule has 2 aromatic heterocycles. The minimum absolute atomic E-state index is 0.0109. The van der Waals surface area contributed by atoms with Crippen molar-refractivity contribution in [3.63, 3.8) is 0 Å². The first-order valence-electron chi connectivity index (χ1n) is 12.2. The highest BCUT2D eigenvalue weighted by Crippen LogP contribution is 2.48. The largest absolute Gasteiger partial charge is 0.371 e. The fraction of sp³-hybridized carbons (Fsp3) is 0.333. The summed E-state index contributed by atoms with van der Waals surface area (Å²) < 4.78 is 58.1. The van der Waals surface area contributed by atoms with E-state index in [2.05, 4.69) is 15.3 Å². The van der Waals surface area contributed by atoms with Gasteiger partial charge in [-0.15, -0.1) is 11.6 Å². The van der Waals surface area contributed by atoms with Crippen molar-refractivity contribution in [2.24, 2.45) is 11.8 Å². The van der Waals surface area contributed by atoms with E-state index in [1.807, 2.05) is 0 Å². The third kappa shape index (κ3) is 4.74. The third-order valence-electron chi connectivity index (χ3n) is 7.42. The van der Waals surface area contributed by atoms with E-state index in [9.17, 15) is 27.9 Å². The van der Waals surface area contributed by atoms with Gasteiger partial charge in [0, 0.05) is 48.0 Å². The summed E-state index contributed by atoms with van der Waals surface area (Å²) in [7, 11) is 0. The summed E-state index contributed by atoms with van der Waals surface area (Å²) in [5.41, 5.74) is -3.40. The van der Waals surface area contributed by atoms with Crippen molar-refractivity contribution in [1.29, 1.82) is 0 Å². The number of aromatic nitrogens is 2. The van der Waals surface area contributed by atoms with Gasteiger partial charge in [0.15, 0.2) is 0 Å². The zero-order valence-electron chi connectivity index (χ0n) is 20.3. The van der Waals surface area contributed by atoms with Crippen molar-refractivity contribution in [3.05, 3.63) is 89.5 Å². The molecule has 39 heavy (non-hydrogen) atoms. The molecule has 3 heterocycles. The van der Waals surface area contributed by atoms with Gasteiger partial charge in [0.1, 0.15) is 11.6 Å². The average Bonchev–Trinajstić information content (AvgIpc) is 3.13. The number of carbonyl (C=O) groups is 2. The topological polar surface area (TPSA) is 95.4 Å². The van der Waals surface area contributed by atoms with Gasteiger partial charge in [-0.05, 0) is 49.1 Å². The number of amides is 2. The predicted octanol–water partition coefficient (Wildman–Crippen LogP) is 4.03. The van der Waals surface area contributed by atoms with Crippen LogP contribution in [0.15, 0.2) is 61.2 Å². The lowest BCUT2D eigenvalue weighted by Gasteiger charge is -2.40. The van der Waals surface area contributed by atoms with Gasteiger partial charge >= 0.3 is 0 Å². The standard InChI is InChI=1S/C27H23ClF4N4O3/c28-18-10-21(35-25(37)14-3-2-7-33-11-14)16(24(31)32)9-15(18)13-36-22-5-1-4-19(29)23(22)27(39,26(36)38)17-6-8-34-12-20(17)30/h1-8,11-12,15-16,18,21,24,39H,9-10,13H2,(H,35,37)/t15-,16-,18-,21-,27-/m1/s1. The van der Waals surface area contributed by atoms with E-state index in [0.29, 0.717) is 0 Å². The van der Waals surface area contributed by atoms with Crippen LogP contribution in [0.2, 0.25) is 0 Å². The van der Waals surface area contributed by atoms with Gasteiger partial charge in [0.2, 0.25) is 12.0 Å². The monoisotopic (exact) mass is 562 g/mol. The number of hydrogen-bond donors (Lipinski definition) is 2. The van der Waals surface area contributed by atoms with Gasteiger partial charge < -0.3 is 15.3 Å². The molecule has 1 aromatic carbocycles. The number of nitrogens with zero attached hydrogens (tertiary/aromatic N) is 3. The molecule has 1 aliphatic carbocycles. The number of anilines is 1. The molecule has 2 aliphatic rings. The Labute approximate surface area is 225 Å². The highest BCUT2D eigenvalue weighted by molar-refractivity contribution is 6.21. The van der Waals surface area contributed by atoms with E-state index in [1.54, 1.807) is 6.07 Å². The van der Waals surface area contributed by atoms with E-state index in [0.717, 1.165) is 29.4 Å². The number of nitrogens with one attached hydrogen (secondary N) is 1. The van der Waals surface area contributed by atoms with Crippen LogP contribution in [-0.4, -0.2) is 51.3 Å². The van der Waals surface area contributed by atoms with Crippen molar-refractivity contribution in [2.75, 3.05) is 11.4 Å². The van der Waals surface area contributed by atoms with E-state index in [4.69, 9.17) is 11.6 Å². The van der Waals surface area contributed by atoms with Crippen LogP contribution < -0.4 is 10.2 Å². The number of carbonyl (C=O) groups excluding carboxylic acids is 2. The van der Waals surface area contributed by atoms with Gasteiger partial charge in [-0.2, -0.15) is 0 Å². The number of pyridine rings is 2. The summed E-state index contributed by atoms with van der Waals surface area (Å²) in [5, 5.41) is 13.4. The van der Waals surface area contributed by atoms with E-state index in [1.165, 1.54) is 30.6 Å². The van der Waals surface area contributed by atoms with Crippen LogP contribution in [0.3, 0.4) is 0 Å². The van der Waals surface area contributed by atoms with Crippen molar-refractivity contribution in [3.8, 4) is 0 Å². The van der Waals surface area contributed by atoms with Crippen molar-refractivity contribution < 1.29 is 32.3 Å². The Hall–Kier alpha value is -3.57. The van der Waals surface area contributed by atoms with E-state index in [-0.39, 0.29) is 30.6 Å². The Morgan fingerprint density at radius 3 is 2.56 bits per heavy atom. The zero-order valence-corrected chi connectivity index (χ0v) is 21.0. The number of rotatable bonds is 6. The number of hydrogen-bond acceptors (Lipinski definition) is 5. The maximum absolute atomic E-state index is 15.0. The second-order valence-corrected chi connectivity index (χ2v) is 10.2. The molecule has 0 spiro atoms. The van der Waals surface area contributed by atoms with Gasteiger partial charge in [-0.3, -0.25) is 19.6 Å². The number of fused-ring (bicyclic) bond motifs is 1. The lowest BCUT2D eigenvalue weighted by atomic mass is 9.77. The zero-order chi connectivity index (χ0) is 27.9. The molecular formula is C27H23ClF4N4O3. The summed E-state index contributed by atoms with van der Waals surface area (Å²) in [5.74, 6) is -5.53. The van der Waals surface area contributed by atoms with Crippen LogP contribution in [0.4, 0.5) is 23.2 Å². The quantitative estimate of drug-likeness (QED) is 0.349. The van der Waals surface area contributed by atoms with Crippen LogP contribution >= 0.6 is 11.6 Å².